The molecule has 0 spiro atoms. The molecule has 0 amide bonds. The van der Waals surface area contributed by atoms with Gasteiger partial charge in [-0.3, -0.25) is 0 Å². The van der Waals surface area contributed by atoms with E-state index >= 15 is 0 Å². The van der Waals surface area contributed by atoms with E-state index in [4.69, 9.17) is 16.3 Å². The lowest BCUT2D eigenvalue weighted by Gasteiger charge is -2.36. The minimum absolute atomic E-state index is 0.0982. The van der Waals surface area contributed by atoms with E-state index in [2.05, 4.69) is 25.3 Å². The molecule has 3 heterocycles. The molecule has 2 aromatic heterocycles. The Morgan fingerprint density at radius 2 is 2.22 bits per heavy atom. The smallest absolute Gasteiger partial charge is 0.330 e. The van der Waals surface area contributed by atoms with Crippen LogP contribution < -0.4 is 10.2 Å². The molecule has 9 heteroatoms. The van der Waals surface area contributed by atoms with E-state index in [1.807, 2.05) is 25.7 Å². The van der Waals surface area contributed by atoms with Crippen LogP contribution in [0.1, 0.15) is 20.8 Å². The van der Waals surface area contributed by atoms with Crippen molar-refractivity contribution in [2.45, 2.75) is 32.4 Å². The third-order valence-electron chi connectivity index (χ3n) is 3.43. The standard InChI is InChI=1S/C14H19ClN6O2/c1-14(2,3)23-12(22)8-6-16-4-5-21(8)11-9-10(18-7-17-9)19-13(15)20-11/h7-8,16H,4-6H2,1-3H3,(H,17,18,19,20). The summed E-state index contributed by atoms with van der Waals surface area (Å²) in [6.07, 6.45) is 1.53. The Morgan fingerprint density at radius 1 is 1.43 bits per heavy atom. The lowest BCUT2D eigenvalue weighted by Crippen LogP contribution is -2.56. The maximum atomic E-state index is 12.6. The fraction of sp³-hybridized carbons (Fsp3) is 0.571. The molecule has 8 nitrogen and oxygen atoms in total. The minimum Gasteiger partial charge on any atom is -0.458 e. The summed E-state index contributed by atoms with van der Waals surface area (Å²) in [5, 5.41) is 3.31. The number of hydrogen-bond donors (Lipinski definition) is 2. The van der Waals surface area contributed by atoms with Gasteiger partial charge in [0.2, 0.25) is 5.28 Å². The Kier molecular flexibility index (Phi) is 4.11. The van der Waals surface area contributed by atoms with Crippen molar-refractivity contribution >= 4 is 34.6 Å². The fourth-order valence-electron chi connectivity index (χ4n) is 2.54. The number of halogens is 1. The van der Waals surface area contributed by atoms with Gasteiger partial charge in [-0.05, 0) is 32.4 Å². The predicted molar refractivity (Wildman–Crippen MR) is 86.5 cm³/mol. The molecule has 0 aliphatic carbocycles. The Morgan fingerprint density at radius 3 is 2.96 bits per heavy atom. The van der Waals surface area contributed by atoms with Crippen LogP contribution in [0.5, 0.6) is 0 Å². The molecule has 3 rings (SSSR count). The maximum Gasteiger partial charge on any atom is 0.330 e. The van der Waals surface area contributed by atoms with Gasteiger partial charge < -0.3 is 19.9 Å². The summed E-state index contributed by atoms with van der Waals surface area (Å²) in [5.41, 5.74) is 0.582. The van der Waals surface area contributed by atoms with Crippen LogP contribution in [-0.2, 0) is 9.53 Å². The van der Waals surface area contributed by atoms with Crippen molar-refractivity contribution in [1.29, 1.82) is 0 Å². The highest BCUT2D eigenvalue weighted by Gasteiger charge is 2.34. The molecule has 0 saturated carbocycles. The second kappa shape index (κ2) is 5.93. The van der Waals surface area contributed by atoms with Crippen molar-refractivity contribution in [1.82, 2.24) is 25.3 Å². The topological polar surface area (TPSA) is 96.0 Å². The SMILES string of the molecule is CC(C)(C)OC(=O)C1CNCCN1c1nc(Cl)nc2nc[nH]c12. The third-order valence-corrected chi connectivity index (χ3v) is 3.60. The van der Waals surface area contributed by atoms with Crippen molar-refractivity contribution in [3.8, 4) is 0 Å². The van der Waals surface area contributed by atoms with Gasteiger partial charge in [0.1, 0.15) is 17.2 Å². The monoisotopic (exact) mass is 338 g/mol. The molecule has 1 unspecified atom stereocenters. The van der Waals surface area contributed by atoms with Crippen LogP contribution in [0.25, 0.3) is 11.2 Å². The normalized spacial score (nSPS) is 19.1. The van der Waals surface area contributed by atoms with Crippen LogP contribution in [0.3, 0.4) is 0 Å². The van der Waals surface area contributed by atoms with Gasteiger partial charge in [0.05, 0.1) is 6.33 Å². The first-order chi connectivity index (χ1) is 10.8. The fourth-order valence-corrected chi connectivity index (χ4v) is 2.70. The Bertz CT molecular complexity index is 726. The third kappa shape index (κ3) is 3.37. The molecular weight excluding hydrogens is 320 g/mol. The van der Waals surface area contributed by atoms with Crippen molar-refractivity contribution in [3.63, 3.8) is 0 Å². The summed E-state index contributed by atoms with van der Waals surface area (Å²) in [6, 6.07) is -0.486. The zero-order valence-electron chi connectivity index (χ0n) is 13.3. The van der Waals surface area contributed by atoms with Gasteiger partial charge in [0.25, 0.3) is 0 Å². The first kappa shape index (κ1) is 15.9. The number of imidazole rings is 1. The first-order valence-corrected chi connectivity index (χ1v) is 7.80. The number of hydrogen-bond acceptors (Lipinski definition) is 7. The molecule has 1 atom stereocenters. The number of nitrogens with zero attached hydrogens (tertiary/aromatic N) is 4. The number of rotatable bonds is 2. The summed E-state index contributed by atoms with van der Waals surface area (Å²) < 4.78 is 5.53. The average Bonchev–Trinajstić information content (AvgIpc) is 2.92. The van der Waals surface area contributed by atoms with Crippen LogP contribution >= 0.6 is 11.6 Å². The molecule has 23 heavy (non-hydrogen) atoms. The predicted octanol–water partition coefficient (Wildman–Crippen LogP) is 1.13. The van der Waals surface area contributed by atoms with Crippen molar-refractivity contribution in [2.24, 2.45) is 0 Å². The van der Waals surface area contributed by atoms with E-state index in [1.54, 1.807) is 0 Å². The molecule has 1 fully saturated rings. The van der Waals surface area contributed by atoms with E-state index < -0.39 is 11.6 Å². The maximum absolute atomic E-state index is 12.6. The van der Waals surface area contributed by atoms with Gasteiger partial charge in [-0.2, -0.15) is 9.97 Å². The molecule has 2 N–H and O–H groups in total. The summed E-state index contributed by atoms with van der Waals surface area (Å²) in [6.45, 7) is 7.36. The number of anilines is 1. The van der Waals surface area contributed by atoms with Gasteiger partial charge in [-0.25, -0.2) is 9.78 Å². The van der Waals surface area contributed by atoms with Crippen molar-refractivity contribution < 1.29 is 9.53 Å². The number of carbonyl (C=O) groups excluding carboxylic acids is 1. The number of H-pyrrole nitrogens is 1. The quantitative estimate of drug-likeness (QED) is 0.625. The molecule has 2 aromatic rings. The zero-order chi connectivity index (χ0) is 16.6. The highest BCUT2D eigenvalue weighted by molar-refractivity contribution is 6.28. The van der Waals surface area contributed by atoms with Gasteiger partial charge in [0, 0.05) is 19.6 Å². The van der Waals surface area contributed by atoms with Crippen LogP contribution in [0.15, 0.2) is 6.33 Å². The van der Waals surface area contributed by atoms with Crippen LogP contribution in [0.2, 0.25) is 5.28 Å². The lowest BCUT2D eigenvalue weighted by atomic mass is 10.1. The van der Waals surface area contributed by atoms with Gasteiger partial charge in [-0.15, -0.1) is 0 Å². The van der Waals surface area contributed by atoms with E-state index in [0.29, 0.717) is 30.1 Å². The number of ether oxygens (including phenoxy) is 1. The first-order valence-electron chi connectivity index (χ1n) is 7.42. The summed E-state index contributed by atoms with van der Waals surface area (Å²) >= 11 is 6.00. The summed E-state index contributed by atoms with van der Waals surface area (Å²) in [5.74, 6) is 0.266. The molecule has 1 aliphatic heterocycles. The lowest BCUT2D eigenvalue weighted by molar-refractivity contribution is -0.156. The number of esters is 1. The van der Waals surface area contributed by atoms with E-state index in [9.17, 15) is 4.79 Å². The van der Waals surface area contributed by atoms with Crippen molar-refractivity contribution in [2.75, 3.05) is 24.5 Å². The van der Waals surface area contributed by atoms with E-state index in [-0.39, 0.29) is 11.3 Å². The number of aromatic amines is 1. The molecule has 0 aromatic carbocycles. The highest BCUT2D eigenvalue weighted by atomic mass is 35.5. The molecule has 124 valence electrons. The minimum atomic E-state index is -0.549. The largest absolute Gasteiger partial charge is 0.458 e. The number of carbonyl (C=O) groups is 1. The Hall–Kier alpha value is -1.93. The van der Waals surface area contributed by atoms with E-state index in [1.165, 1.54) is 6.33 Å². The number of aromatic nitrogens is 4. The summed E-state index contributed by atoms with van der Waals surface area (Å²) in [4.78, 5) is 29.9. The van der Waals surface area contributed by atoms with E-state index in [0.717, 1.165) is 6.54 Å². The number of fused-ring (bicyclic) bond motifs is 1. The highest BCUT2D eigenvalue weighted by Crippen LogP contribution is 2.26. The van der Waals surface area contributed by atoms with Gasteiger partial charge >= 0.3 is 5.97 Å². The van der Waals surface area contributed by atoms with Crippen molar-refractivity contribution in [3.05, 3.63) is 11.6 Å². The molecule has 1 saturated heterocycles. The van der Waals surface area contributed by atoms with Gasteiger partial charge in [-0.1, -0.05) is 0 Å². The second-order valence-electron chi connectivity index (χ2n) is 6.36. The molecule has 0 bridgehead atoms. The number of nitrogens with one attached hydrogen (secondary N) is 2. The zero-order valence-corrected chi connectivity index (χ0v) is 14.0. The summed E-state index contributed by atoms with van der Waals surface area (Å²) in [7, 11) is 0. The van der Waals surface area contributed by atoms with Crippen LogP contribution in [0, 0.1) is 0 Å². The molecule has 0 radical (unpaired) electrons. The molecular formula is C14H19ClN6O2. The average molecular weight is 339 g/mol. The second-order valence-corrected chi connectivity index (χ2v) is 6.70. The molecule has 1 aliphatic rings. The van der Waals surface area contributed by atoms with Crippen LogP contribution in [-0.4, -0.2) is 57.2 Å². The number of piperazine rings is 1. The Balaban J connectivity index is 1.97. The van der Waals surface area contributed by atoms with Gasteiger partial charge in [0.15, 0.2) is 11.5 Å². The van der Waals surface area contributed by atoms with Crippen LogP contribution in [0.4, 0.5) is 5.82 Å². The Labute approximate surface area is 138 Å².